The van der Waals surface area contributed by atoms with E-state index in [1.54, 1.807) is 19.6 Å². The summed E-state index contributed by atoms with van der Waals surface area (Å²) in [6.07, 6.45) is 3.51. The summed E-state index contributed by atoms with van der Waals surface area (Å²) >= 11 is 3.55. The molecule has 0 aliphatic heterocycles. The van der Waals surface area contributed by atoms with Gasteiger partial charge in [0.05, 0.1) is 17.8 Å². The van der Waals surface area contributed by atoms with E-state index in [2.05, 4.69) is 33.2 Å². The Kier molecular flexibility index (Phi) is 3.83. The number of benzene rings is 1. The SMILES string of the molecule is COc1ccc(C)c(Nc2c(Br)cnc3c(C)coc23)c1C. The van der Waals surface area contributed by atoms with Crippen LogP contribution in [0, 0.1) is 20.8 Å². The number of hydrogen-bond donors (Lipinski definition) is 1. The van der Waals surface area contributed by atoms with Gasteiger partial charge in [0, 0.05) is 23.0 Å². The molecule has 0 saturated carbocycles. The molecule has 3 rings (SSSR count). The smallest absolute Gasteiger partial charge is 0.177 e. The van der Waals surface area contributed by atoms with Crippen LogP contribution in [0.2, 0.25) is 0 Å². The van der Waals surface area contributed by atoms with Gasteiger partial charge < -0.3 is 14.5 Å². The second-order valence-corrected chi connectivity index (χ2v) is 6.14. The van der Waals surface area contributed by atoms with Crippen molar-refractivity contribution in [2.75, 3.05) is 12.4 Å². The van der Waals surface area contributed by atoms with Gasteiger partial charge in [-0.15, -0.1) is 0 Å². The fourth-order valence-electron chi connectivity index (χ4n) is 2.55. The molecule has 0 spiro atoms. The van der Waals surface area contributed by atoms with E-state index >= 15 is 0 Å². The number of ether oxygens (including phenoxy) is 1. The average molecular weight is 361 g/mol. The summed E-state index contributed by atoms with van der Waals surface area (Å²) in [6.45, 7) is 6.08. The number of aromatic nitrogens is 1. The molecule has 0 saturated heterocycles. The molecule has 0 fully saturated rings. The van der Waals surface area contributed by atoms with E-state index in [0.29, 0.717) is 0 Å². The summed E-state index contributed by atoms with van der Waals surface area (Å²) < 4.78 is 12.0. The lowest BCUT2D eigenvalue weighted by Crippen LogP contribution is -2.00. The summed E-state index contributed by atoms with van der Waals surface area (Å²) in [5.41, 5.74) is 6.71. The lowest BCUT2D eigenvalue weighted by Gasteiger charge is -2.16. The largest absolute Gasteiger partial charge is 0.496 e. The Hall–Kier alpha value is -2.01. The van der Waals surface area contributed by atoms with Crippen molar-refractivity contribution in [3.63, 3.8) is 0 Å². The number of anilines is 2. The Bertz CT molecular complexity index is 855. The van der Waals surface area contributed by atoms with Gasteiger partial charge >= 0.3 is 0 Å². The van der Waals surface area contributed by atoms with E-state index in [1.165, 1.54) is 0 Å². The molecule has 5 heteroatoms. The first-order valence-corrected chi connectivity index (χ1v) is 7.75. The summed E-state index contributed by atoms with van der Waals surface area (Å²) in [5, 5.41) is 3.48. The molecule has 0 radical (unpaired) electrons. The third-order valence-corrected chi connectivity index (χ3v) is 4.41. The van der Waals surface area contributed by atoms with E-state index < -0.39 is 0 Å². The van der Waals surface area contributed by atoms with Crippen LogP contribution >= 0.6 is 15.9 Å². The molecule has 0 amide bonds. The average Bonchev–Trinajstić information content (AvgIpc) is 2.87. The van der Waals surface area contributed by atoms with Crippen molar-refractivity contribution < 1.29 is 9.15 Å². The van der Waals surface area contributed by atoms with E-state index in [-0.39, 0.29) is 0 Å². The van der Waals surface area contributed by atoms with E-state index in [4.69, 9.17) is 9.15 Å². The van der Waals surface area contributed by atoms with E-state index in [9.17, 15) is 0 Å². The van der Waals surface area contributed by atoms with Gasteiger partial charge in [-0.05, 0) is 48.3 Å². The third kappa shape index (κ3) is 2.35. The fourth-order valence-corrected chi connectivity index (χ4v) is 2.93. The number of fused-ring (bicyclic) bond motifs is 1. The molecular formula is C17H17BrN2O2. The van der Waals surface area contributed by atoms with Crippen molar-refractivity contribution in [3.8, 4) is 5.75 Å². The van der Waals surface area contributed by atoms with Gasteiger partial charge in [0.15, 0.2) is 5.58 Å². The van der Waals surface area contributed by atoms with Crippen molar-refractivity contribution in [1.82, 2.24) is 4.98 Å². The summed E-state index contributed by atoms with van der Waals surface area (Å²) in [5.74, 6) is 0.852. The zero-order valence-corrected chi connectivity index (χ0v) is 14.5. The number of rotatable bonds is 3. The van der Waals surface area contributed by atoms with Gasteiger partial charge in [0.1, 0.15) is 17.0 Å². The molecule has 1 aromatic carbocycles. The highest BCUT2D eigenvalue weighted by atomic mass is 79.9. The quantitative estimate of drug-likeness (QED) is 0.691. The van der Waals surface area contributed by atoms with E-state index in [1.807, 2.05) is 26.0 Å². The molecule has 0 bridgehead atoms. The maximum absolute atomic E-state index is 5.68. The predicted molar refractivity (Wildman–Crippen MR) is 92.2 cm³/mol. The molecule has 2 aromatic heterocycles. The number of hydrogen-bond acceptors (Lipinski definition) is 4. The van der Waals surface area contributed by atoms with Crippen LogP contribution in [0.5, 0.6) is 5.75 Å². The van der Waals surface area contributed by atoms with Crippen LogP contribution in [-0.4, -0.2) is 12.1 Å². The minimum Gasteiger partial charge on any atom is -0.496 e. The maximum atomic E-state index is 5.68. The third-order valence-electron chi connectivity index (χ3n) is 3.81. The molecular weight excluding hydrogens is 344 g/mol. The van der Waals surface area contributed by atoms with E-state index in [0.717, 1.165) is 49.4 Å². The normalized spacial score (nSPS) is 11.0. The zero-order valence-electron chi connectivity index (χ0n) is 13.0. The van der Waals surface area contributed by atoms with Crippen molar-refractivity contribution in [2.45, 2.75) is 20.8 Å². The van der Waals surface area contributed by atoms with Crippen molar-refractivity contribution >= 4 is 38.4 Å². The molecule has 22 heavy (non-hydrogen) atoms. The van der Waals surface area contributed by atoms with Crippen LogP contribution in [0.4, 0.5) is 11.4 Å². The molecule has 0 unspecified atom stereocenters. The Morgan fingerprint density at radius 1 is 1.14 bits per heavy atom. The maximum Gasteiger partial charge on any atom is 0.177 e. The van der Waals surface area contributed by atoms with Gasteiger partial charge in [-0.3, -0.25) is 4.98 Å². The van der Waals surface area contributed by atoms with Crippen molar-refractivity contribution in [1.29, 1.82) is 0 Å². The van der Waals surface area contributed by atoms with Gasteiger partial charge in [-0.25, -0.2) is 0 Å². The topological polar surface area (TPSA) is 47.3 Å². The predicted octanol–water partition coefficient (Wildman–Crippen LogP) is 5.27. The highest BCUT2D eigenvalue weighted by molar-refractivity contribution is 9.10. The summed E-state index contributed by atoms with van der Waals surface area (Å²) in [4.78, 5) is 4.42. The number of methoxy groups -OCH3 is 1. The van der Waals surface area contributed by atoms with Crippen molar-refractivity contribution in [3.05, 3.63) is 45.8 Å². The minimum absolute atomic E-state index is 0.744. The van der Waals surface area contributed by atoms with Crippen LogP contribution in [0.3, 0.4) is 0 Å². The molecule has 114 valence electrons. The number of furan rings is 1. The summed E-state index contributed by atoms with van der Waals surface area (Å²) in [6, 6.07) is 4.01. The van der Waals surface area contributed by atoms with Crippen LogP contribution in [0.15, 0.2) is 33.5 Å². The fraction of sp³-hybridized carbons (Fsp3) is 0.235. The molecule has 4 nitrogen and oxygen atoms in total. The van der Waals surface area contributed by atoms with Crippen LogP contribution in [0.25, 0.3) is 11.1 Å². The minimum atomic E-state index is 0.744. The Morgan fingerprint density at radius 2 is 1.91 bits per heavy atom. The van der Waals surface area contributed by atoms with Crippen LogP contribution in [-0.2, 0) is 0 Å². The first-order chi connectivity index (χ1) is 10.5. The zero-order chi connectivity index (χ0) is 15.9. The Balaban J connectivity index is 2.17. The Labute approximate surface area is 137 Å². The monoisotopic (exact) mass is 360 g/mol. The van der Waals surface area contributed by atoms with Gasteiger partial charge in [0.2, 0.25) is 0 Å². The number of nitrogens with zero attached hydrogens (tertiary/aromatic N) is 1. The standard InChI is InChI=1S/C17H17BrN2O2/c1-9-5-6-13(21-4)11(3)14(9)20-16-12(18)7-19-15-10(2)8-22-17(15)16/h5-8H,1-4H3,(H,19,20). The highest BCUT2D eigenvalue weighted by Gasteiger charge is 2.16. The number of nitrogens with one attached hydrogen (secondary N) is 1. The molecule has 3 aromatic rings. The number of aryl methyl sites for hydroxylation is 2. The lowest BCUT2D eigenvalue weighted by molar-refractivity contribution is 0.412. The first-order valence-electron chi connectivity index (χ1n) is 6.96. The van der Waals surface area contributed by atoms with Gasteiger partial charge in [0.25, 0.3) is 0 Å². The van der Waals surface area contributed by atoms with Gasteiger partial charge in [-0.2, -0.15) is 0 Å². The molecule has 0 aliphatic rings. The second kappa shape index (κ2) is 5.65. The number of halogens is 1. The first kappa shape index (κ1) is 14.9. The van der Waals surface area contributed by atoms with Crippen molar-refractivity contribution in [2.24, 2.45) is 0 Å². The van der Waals surface area contributed by atoms with Gasteiger partial charge in [-0.1, -0.05) is 6.07 Å². The molecule has 1 N–H and O–H groups in total. The Morgan fingerprint density at radius 3 is 2.64 bits per heavy atom. The molecule has 0 aliphatic carbocycles. The highest BCUT2D eigenvalue weighted by Crippen LogP contribution is 2.38. The van der Waals surface area contributed by atoms with Crippen LogP contribution < -0.4 is 10.1 Å². The second-order valence-electron chi connectivity index (χ2n) is 5.29. The summed E-state index contributed by atoms with van der Waals surface area (Å²) in [7, 11) is 1.68. The number of pyridine rings is 1. The lowest BCUT2D eigenvalue weighted by atomic mass is 10.1. The van der Waals surface area contributed by atoms with Crippen LogP contribution in [0.1, 0.15) is 16.7 Å². The molecule has 0 atom stereocenters. The molecule has 2 heterocycles.